The van der Waals surface area contributed by atoms with E-state index in [-0.39, 0.29) is 5.92 Å². The minimum absolute atomic E-state index is 0.218. The summed E-state index contributed by atoms with van der Waals surface area (Å²) in [5.41, 5.74) is 0.0310. The minimum atomic E-state index is -0.880. The molecular weight excluding hydrogens is 248 g/mol. The first-order chi connectivity index (χ1) is 8.61. The van der Waals surface area contributed by atoms with Gasteiger partial charge in [-0.1, -0.05) is 12.1 Å². The zero-order chi connectivity index (χ0) is 12.8. The second-order valence-electron chi connectivity index (χ2n) is 4.94. The van der Waals surface area contributed by atoms with Crippen molar-refractivity contribution in [2.45, 2.75) is 25.3 Å². The molecule has 1 aromatic carbocycles. The number of nitrogens with one attached hydrogen (secondary N) is 1. The molecule has 1 atom stereocenters. The summed E-state index contributed by atoms with van der Waals surface area (Å²) in [6.07, 6.45) is 1.96. The highest BCUT2D eigenvalue weighted by atomic mass is 32.1. The van der Waals surface area contributed by atoms with Crippen molar-refractivity contribution in [2.75, 3.05) is 5.32 Å². The van der Waals surface area contributed by atoms with Crippen LogP contribution in [0.5, 0.6) is 0 Å². The van der Waals surface area contributed by atoms with E-state index in [1.54, 1.807) is 6.92 Å². The normalized spacial score (nSPS) is 18.5. The largest absolute Gasteiger partial charge is 0.480 e. The number of carbonyl (C=O) groups is 1. The number of benzene rings is 1. The Morgan fingerprint density at radius 2 is 2.22 bits per heavy atom. The highest BCUT2D eigenvalue weighted by molar-refractivity contribution is 7.11. The van der Waals surface area contributed by atoms with E-state index < -0.39 is 11.5 Å². The second-order valence-corrected chi connectivity index (χ2v) is 5.71. The van der Waals surface area contributed by atoms with Crippen molar-refractivity contribution in [2.24, 2.45) is 5.92 Å². The molecule has 2 aromatic rings. The fraction of sp³-hybridized carbons (Fsp3) is 0.385. The number of nitrogens with zero attached hydrogens (tertiary/aromatic N) is 1. The fourth-order valence-corrected chi connectivity index (χ4v) is 3.08. The first-order valence-electron chi connectivity index (χ1n) is 5.97. The third-order valence-corrected chi connectivity index (χ3v) is 4.39. The van der Waals surface area contributed by atoms with E-state index in [2.05, 4.69) is 9.69 Å². The molecular formula is C13H14N2O2S. The molecule has 1 heterocycles. The van der Waals surface area contributed by atoms with Gasteiger partial charge in [-0.3, -0.25) is 0 Å². The number of hydrogen-bond acceptors (Lipinski definition) is 4. The third kappa shape index (κ3) is 1.75. The molecule has 0 radical (unpaired) electrons. The van der Waals surface area contributed by atoms with E-state index >= 15 is 0 Å². The van der Waals surface area contributed by atoms with Gasteiger partial charge in [-0.2, -0.15) is 4.37 Å². The summed E-state index contributed by atoms with van der Waals surface area (Å²) in [7, 11) is 0. The van der Waals surface area contributed by atoms with Crippen LogP contribution < -0.4 is 5.32 Å². The highest BCUT2D eigenvalue weighted by Crippen LogP contribution is 2.43. The maximum atomic E-state index is 11.5. The number of anilines is 1. The van der Waals surface area contributed by atoms with Gasteiger partial charge in [-0.05, 0) is 49.3 Å². The summed E-state index contributed by atoms with van der Waals surface area (Å²) in [6, 6.07) is 7.78. The van der Waals surface area contributed by atoms with Gasteiger partial charge in [-0.15, -0.1) is 0 Å². The molecule has 94 valence electrons. The summed E-state index contributed by atoms with van der Waals surface area (Å²) in [4.78, 5) is 11.5. The fourth-order valence-electron chi connectivity index (χ4n) is 2.21. The number of aromatic nitrogens is 1. The minimum Gasteiger partial charge on any atom is -0.480 e. The van der Waals surface area contributed by atoms with Crippen LogP contribution in [0.4, 0.5) is 5.00 Å². The van der Waals surface area contributed by atoms with Crippen molar-refractivity contribution in [3.05, 3.63) is 24.3 Å². The zero-order valence-corrected chi connectivity index (χ0v) is 10.8. The summed E-state index contributed by atoms with van der Waals surface area (Å²) in [6.45, 7) is 1.77. The molecule has 4 nitrogen and oxygen atoms in total. The van der Waals surface area contributed by atoms with Gasteiger partial charge in [0.05, 0.1) is 5.52 Å². The lowest BCUT2D eigenvalue weighted by Crippen LogP contribution is -2.45. The van der Waals surface area contributed by atoms with Crippen LogP contribution in [0.2, 0.25) is 0 Å². The second kappa shape index (κ2) is 3.95. The van der Waals surface area contributed by atoms with Crippen LogP contribution >= 0.6 is 11.5 Å². The van der Waals surface area contributed by atoms with Gasteiger partial charge in [0, 0.05) is 5.39 Å². The average Bonchev–Trinajstić information content (AvgIpc) is 3.14. The van der Waals surface area contributed by atoms with E-state index in [9.17, 15) is 9.90 Å². The molecule has 1 aliphatic carbocycles. The molecule has 3 rings (SSSR count). The summed E-state index contributed by atoms with van der Waals surface area (Å²) >= 11 is 1.33. The van der Waals surface area contributed by atoms with Crippen molar-refractivity contribution in [3.8, 4) is 0 Å². The maximum Gasteiger partial charge on any atom is 0.329 e. The molecule has 0 bridgehead atoms. The number of fused-ring (bicyclic) bond motifs is 1. The molecule has 18 heavy (non-hydrogen) atoms. The Labute approximate surface area is 109 Å². The molecule has 0 saturated heterocycles. The molecule has 0 spiro atoms. The number of carboxylic acid groups (broad SMARTS) is 1. The Hall–Kier alpha value is -1.62. The van der Waals surface area contributed by atoms with Crippen LogP contribution in [-0.4, -0.2) is 21.0 Å². The Morgan fingerprint density at radius 3 is 2.89 bits per heavy atom. The number of rotatable bonds is 4. The van der Waals surface area contributed by atoms with Gasteiger partial charge in [0.1, 0.15) is 10.5 Å². The molecule has 1 unspecified atom stereocenters. The van der Waals surface area contributed by atoms with Crippen molar-refractivity contribution in [1.82, 2.24) is 4.37 Å². The molecule has 1 saturated carbocycles. The molecule has 1 fully saturated rings. The quantitative estimate of drug-likeness (QED) is 0.889. The van der Waals surface area contributed by atoms with Crippen LogP contribution in [0.15, 0.2) is 24.3 Å². The Kier molecular flexibility index (Phi) is 2.52. The van der Waals surface area contributed by atoms with Crippen molar-refractivity contribution < 1.29 is 9.90 Å². The number of carboxylic acids is 1. The van der Waals surface area contributed by atoms with Crippen LogP contribution in [0, 0.1) is 5.92 Å². The monoisotopic (exact) mass is 262 g/mol. The predicted molar refractivity (Wildman–Crippen MR) is 72.0 cm³/mol. The lowest BCUT2D eigenvalue weighted by atomic mass is 9.96. The number of aliphatic carboxylic acids is 1. The van der Waals surface area contributed by atoms with Gasteiger partial charge in [-0.25, -0.2) is 4.79 Å². The first-order valence-corrected chi connectivity index (χ1v) is 6.74. The number of hydrogen-bond donors (Lipinski definition) is 2. The van der Waals surface area contributed by atoms with E-state index in [4.69, 9.17) is 0 Å². The van der Waals surface area contributed by atoms with E-state index in [0.29, 0.717) is 0 Å². The molecule has 0 aliphatic heterocycles. The van der Waals surface area contributed by atoms with E-state index in [1.807, 2.05) is 24.3 Å². The standard InChI is InChI=1S/C13H14N2O2S/c1-13(12(16)17,8-6-7-8)14-11-9-4-2-3-5-10(9)15-18-11/h2-5,8,14H,6-7H2,1H3,(H,16,17). The van der Waals surface area contributed by atoms with Crippen molar-refractivity contribution >= 4 is 33.4 Å². The SMILES string of the molecule is CC(Nc1snc2ccccc12)(C(=O)O)C1CC1. The van der Waals surface area contributed by atoms with E-state index in [1.165, 1.54) is 11.5 Å². The molecule has 5 heteroatoms. The summed E-state index contributed by atoms with van der Waals surface area (Å²) < 4.78 is 4.33. The van der Waals surface area contributed by atoms with Crippen molar-refractivity contribution in [3.63, 3.8) is 0 Å². The lowest BCUT2D eigenvalue weighted by molar-refractivity contribution is -0.142. The highest BCUT2D eigenvalue weighted by Gasteiger charge is 2.48. The summed E-state index contributed by atoms with van der Waals surface area (Å²) in [5.74, 6) is -0.571. The van der Waals surface area contributed by atoms with Gasteiger partial charge in [0.2, 0.25) is 0 Å². The average molecular weight is 262 g/mol. The maximum absolute atomic E-state index is 11.5. The van der Waals surface area contributed by atoms with Crippen LogP contribution in [0.1, 0.15) is 19.8 Å². The Bertz CT molecular complexity index is 606. The van der Waals surface area contributed by atoms with Crippen LogP contribution in [0.3, 0.4) is 0 Å². The van der Waals surface area contributed by atoms with Crippen molar-refractivity contribution in [1.29, 1.82) is 0 Å². The topological polar surface area (TPSA) is 62.2 Å². The molecule has 1 aromatic heterocycles. The summed E-state index contributed by atoms with van der Waals surface area (Å²) in [5, 5.41) is 14.5. The Morgan fingerprint density at radius 1 is 1.50 bits per heavy atom. The molecule has 1 aliphatic rings. The van der Waals surface area contributed by atoms with E-state index in [0.717, 1.165) is 28.7 Å². The van der Waals surface area contributed by atoms with Gasteiger partial charge in [0.15, 0.2) is 0 Å². The zero-order valence-electron chi connectivity index (χ0n) is 10.0. The third-order valence-electron chi connectivity index (χ3n) is 3.60. The lowest BCUT2D eigenvalue weighted by Gasteiger charge is -2.26. The molecule has 2 N–H and O–H groups in total. The predicted octanol–water partition coefficient (Wildman–Crippen LogP) is 2.96. The van der Waals surface area contributed by atoms with Gasteiger partial charge < -0.3 is 10.4 Å². The first kappa shape index (κ1) is 11.5. The Balaban J connectivity index is 1.98. The van der Waals surface area contributed by atoms with Gasteiger partial charge in [0.25, 0.3) is 0 Å². The molecule has 0 amide bonds. The van der Waals surface area contributed by atoms with Crippen LogP contribution in [-0.2, 0) is 4.79 Å². The smallest absolute Gasteiger partial charge is 0.329 e. The van der Waals surface area contributed by atoms with Crippen LogP contribution in [0.25, 0.3) is 10.9 Å². The van der Waals surface area contributed by atoms with Gasteiger partial charge >= 0.3 is 5.97 Å².